The van der Waals surface area contributed by atoms with E-state index in [1.165, 1.54) is 7.11 Å². The first-order valence-electron chi connectivity index (χ1n) is 4.73. The molecular formula is C11H13ClO4. The van der Waals surface area contributed by atoms with Gasteiger partial charge in [0.25, 0.3) is 0 Å². The molecule has 0 spiro atoms. The summed E-state index contributed by atoms with van der Waals surface area (Å²) in [6.45, 7) is 1.94. The molecule has 0 fully saturated rings. The Bertz CT molecular complexity index is 390. The molecule has 5 heteroatoms. The molecular weight excluding hydrogens is 232 g/mol. The van der Waals surface area contributed by atoms with Crippen molar-refractivity contribution in [1.82, 2.24) is 0 Å². The van der Waals surface area contributed by atoms with E-state index < -0.39 is 5.97 Å². The third-order valence-corrected chi connectivity index (χ3v) is 2.43. The Morgan fingerprint density at radius 1 is 1.44 bits per heavy atom. The van der Waals surface area contributed by atoms with Crippen LogP contribution in [-0.4, -0.2) is 24.8 Å². The van der Waals surface area contributed by atoms with Crippen molar-refractivity contribution in [2.24, 2.45) is 0 Å². The Hall–Kier alpha value is -1.42. The molecule has 0 heterocycles. The lowest BCUT2D eigenvalue weighted by Gasteiger charge is -2.11. The molecule has 0 radical (unpaired) electrons. The summed E-state index contributed by atoms with van der Waals surface area (Å²) in [7, 11) is 1.51. The van der Waals surface area contributed by atoms with Gasteiger partial charge in [-0.15, -0.1) is 0 Å². The highest BCUT2D eigenvalue weighted by Crippen LogP contribution is 2.32. The average Bonchev–Trinajstić information content (AvgIpc) is 2.22. The fraction of sp³-hybridized carbons (Fsp3) is 0.364. The number of aryl methyl sites for hydroxylation is 1. The molecule has 0 aromatic heterocycles. The third-order valence-electron chi connectivity index (χ3n) is 2.02. The molecule has 0 aliphatic carbocycles. The zero-order valence-corrected chi connectivity index (χ0v) is 9.87. The summed E-state index contributed by atoms with van der Waals surface area (Å²) in [5.41, 5.74) is 0.854. The zero-order valence-electron chi connectivity index (χ0n) is 9.12. The number of hydrogen-bond donors (Lipinski definition) is 1. The summed E-state index contributed by atoms with van der Waals surface area (Å²) in [4.78, 5) is 10.3. The first-order valence-corrected chi connectivity index (χ1v) is 5.11. The molecule has 1 N–H and O–H groups in total. The van der Waals surface area contributed by atoms with Gasteiger partial charge >= 0.3 is 5.97 Å². The van der Waals surface area contributed by atoms with Gasteiger partial charge in [-0.1, -0.05) is 11.6 Å². The standard InChI is InChI=1S/C11H13ClO4/c1-7-5-10(16-4-3-11(13)14)9(15-2)6-8(7)12/h5-6H,3-4H2,1-2H3,(H,13,14). The molecule has 1 aromatic rings. The highest BCUT2D eigenvalue weighted by Gasteiger charge is 2.08. The molecule has 1 rings (SSSR count). The number of ether oxygens (including phenoxy) is 2. The zero-order chi connectivity index (χ0) is 12.1. The van der Waals surface area contributed by atoms with Crippen LogP contribution in [0, 0.1) is 6.92 Å². The van der Waals surface area contributed by atoms with Gasteiger partial charge in [-0.25, -0.2) is 0 Å². The molecule has 0 saturated carbocycles. The second-order valence-electron chi connectivity index (χ2n) is 3.24. The van der Waals surface area contributed by atoms with Crippen molar-refractivity contribution < 1.29 is 19.4 Å². The molecule has 0 amide bonds. The van der Waals surface area contributed by atoms with Crippen molar-refractivity contribution >= 4 is 17.6 Å². The molecule has 0 aliphatic rings. The van der Waals surface area contributed by atoms with E-state index in [0.717, 1.165) is 5.56 Å². The largest absolute Gasteiger partial charge is 0.493 e. The summed E-state index contributed by atoms with van der Waals surface area (Å²) >= 11 is 5.92. The Morgan fingerprint density at radius 3 is 2.69 bits per heavy atom. The van der Waals surface area contributed by atoms with Crippen molar-refractivity contribution in [3.63, 3.8) is 0 Å². The number of carbonyl (C=O) groups is 1. The Balaban J connectivity index is 2.77. The van der Waals surface area contributed by atoms with Gasteiger partial charge in [0.05, 0.1) is 20.1 Å². The smallest absolute Gasteiger partial charge is 0.306 e. The predicted molar refractivity (Wildman–Crippen MR) is 60.5 cm³/mol. The number of rotatable bonds is 5. The highest BCUT2D eigenvalue weighted by molar-refractivity contribution is 6.31. The van der Waals surface area contributed by atoms with Gasteiger partial charge in [-0.3, -0.25) is 4.79 Å². The van der Waals surface area contributed by atoms with Crippen molar-refractivity contribution in [3.8, 4) is 11.5 Å². The Kier molecular flexibility index (Phi) is 4.43. The van der Waals surface area contributed by atoms with Gasteiger partial charge < -0.3 is 14.6 Å². The van der Waals surface area contributed by atoms with E-state index in [-0.39, 0.29) is 13.0 Å². The van der Waals surface area contributed by atoms with E-state index >= 15 is 0 Å². The van der Waals surface area contributed by atoms with E-state index in [1.54, 1.807) is 12.1 Å². The average molecular weight is 245 g/mol. The van der Waals surface area contributed by atoms with Crippen molar-refractivity contribution in [2.45, 2.75) is 13.3 Å². The van der Waals surface area contributed by atoms with Crippen LogP contribution in [0.15, 0.2) is 12.1 Å². The molecule has 88 valence electrons. The lowest BCUT2D eigenvalue weighted by molar-refractivity contribution is -0.137. The Labute approximate surface area is 98.7 Å². The van der Waals surface area contributed by atoms with Gasteiger partial charge in [-0.2, -0.15) is 0 Å². The number of carboxylic acid groups (broad SMARTS) is 1. The van der Waals surface area contributed by atoms with E-state index in [2.05, 4.69) is 0 Å². The second-order valence-corrected chi connectivity index (χ2v) is 3.65. The summed E-state index contributed by atoms with van der Waals surface area (Å²) in [6.07, 6.45) is -0.0508. The number of benzene rings is 1. The molecule has 0 aliphatic heterocycles. The van der Waals surface area contributed by atoms with Gasteiger partial charge in [0.1, 0.15) is 0 Å². The fourth-order valence-electron chi connectivity index (χ4n) is 1.16. The fourth-order valence-corrected chi connectivity index (χ4v) is 1.31. The maximum atomic E-state index is 10.3. The number of hydrogen-bond acceptors (Lipinski definition) is 3. The summed E-state index contributed by atoms with van der Waals surface area (Å²) in [5, 5.41) is 9.07. The second kappa shape index (κ2) is 5.61. The van der Waals surface area contributed by atoms with E-state index in [0.29, 0.717) is 16.5 Å². The third kappa shape index (κ3) is 3.31. The first-order chi connectivity index (χ1) is 7.54. The Morgan fingerprint density at radius 2 is 2.12 bits per heavy atom. The van der Waals surface area contributed by atoms with Crippen LogP contribution >= 0.6 is 11.6 Å². The van der Waals surface area contributed by atoms with E-state index in [1.807, 2.05) is 6.92 Å². The van der Waals surface area contributed by atoms with Crippen molar-refractivity contribution in [2.75, 3.05) is 13.7 Å². The van der Waals surface area contributed by atoms with Crippen molar-refractivity contribution in [3.05, 3.63) is 22.7 Å². The van der Waals surface area contributed by atoms with Crippen LogP contribution in [0.3, 0.4) is 0 Å². The van der Waals surface area contributed by atoms with Gasteiger partial charge in [0.15, 0.2) is 11.5 Å². The highest BCUT2D eigenvalue weighted by atomic mass is 35.5. The molecule has 4 nitrogen and oxygen atoms in total. The SMILES string of the molecule is COc1cc(Cl)c(C)cc1OCCC(=O)O. The first kappa shape index (κ1) is 12.6. The number of carboxylic acids is 1. The number of methoxy groups -OCH3 is 1. The topological polar surface area (TPSA) is 55.8 Å². The molecule has 0 bridgehead atoms. The van der Waals surface area contributed by atoms with Crippen LogP contribution < -0.4 is 9.47 Å². The van der Waals surface area contributed by atoms with Crippen LogP contribution in [0.25, 0.3) is 0 Å². The maximum absolute atomic E-state index is 10.3. The lowest BCUT2D eigenvalue weighted by Crippen LogP contribution is -2.05. The molecule has 0 saturated heterocycles. The predicted octanol–water partition coefficient (Wildman–Crippen LogP) is 2.51. The summed E-state index contributed by atoms with van der Waals surface area (Å²) in [6, 6.07) is 3.37. The van der Waals surface area contributed by atoms with Gasteiger partial charge in [-0.05, 0) is 18.6 Å². The maximum Gasteiger partial charge on any atom is 0.306 e. The molecule has 16 heavy (non-hydrogen) atoms. The number of halogens is 1. The van der Waals surface area contributed by atoms with Crippen LogP contribution in [0.1, 0.15) is 12.0 Å². The van der Waals surface area contributed by atoms with Crippen LogP contribution in [-0.2, 0) is 4.79 Å². The quantitative estimate of drug-likeness (QED) is 0.865. The van der Waals surface area contributed by atoms with Gasteiger partial charge in [0, 0.05) is 11.1 Å². The van der Waals surface area contributed by atoms with Gasteiger partial charge in [0.2, 0.25) is 0 Å². The monoisotopic (exact) mass is 244 g/mol. The van der Waals surface area contributed by atoms with Crippen LogP contribution in [0.2, 0.25) is 5.02 Å². The molecule has 0 unspecified atom stereocenters. The summed E-state index contributed by atoms with van der Waals surface area (Å²) < 4.78 is 10.4. The molecule has 0 atom stereocenters. The van der Waals surface area contributed by atoms with E-state index in [4.69, 9.17) is 26.2 Å². The normalized spacial score (nSPS) is 9.94. The van der Waals surface area contributed by atoms with Crippen molar-refractivity contribution in [1.29, 1.82) is 0 Å². The number of aliphatic carboxylic acids is 1. The minimum atomic E-state index is -0.898. The van der Waals surface area contributed by atoms with Crippen LogP contribution in [0.4, 0.5) is 0 Å². The molecule has 1 aromatic carbocycles. The van der Waals surface area contributed by atoms with E-state index in [9.17, 15) is 4.79 Å². The minimum Gasteiger partial charge on any atom is -0.493 e. The lowest BCUT2D eigenvalue weighted by atomic mass is 10.2. The summed E-state index contributed by atoms with van der Waals surface area (Å²) in [5.74, 6) is 0.108. The van der Waals surface area contributed by atoms with Crippen LogP contribution in [0.5, 0.6) is 11.5 Å². The minimum absolute atomic E-state index is 0.0508.